The van der Waals surface area contributed by atoms with Crippen molar-refractivity contribution in [3.8, 4) is 11.4 Å². The zero-order valence-electron chi connectivity index (χ0n) is 12.7. The molecular weight excluding hydrogens is 386 g/mol. The molecule has 6 heteroatoms. The number of aryl methyl sites for hydroxylation is 1. The van der Waals surface area contributed by atoms with Gasteiger partial charge in [0.2, 0.25) is 4.96 Å². The Kier molecular flexibility index (Phi) is 3.78. The Morgan fingerprint density at radius 1 is 1.17 bits per heavy atom. The van der Waals surface area contributed by atoms with E-state index in [-0.39, 0.29) is 5.56 Å². The van der Waals surface area contributed by atoms with Crippen LogP contribution in [0.25, 0.3) is 22.4 Å². The summed E-state index contributed by atoms with van der Waals surface area (Å²) in [5.41, 5.74) is 2.88. The first-order valence-electron chi connectivity index (χ1n) is 7.34. The van der Waals surface area contributed by atoms with Gasteiger partial charge in [-0.3, -0.25) is 4.79 Å². The maximum atomic E-state index is 12.6. The van der Waals surface area contributed by atoms with Crippen LogP contribution in [0.3, 0.4) is 0 Å². The number of halogens is 1. The van der Waals surface area contributed by atoms with Crippen LogP contribution < -0.4 is 10.1 Å². The Morgan fingerprint density at radius 3 is 2.75 bits per heavy atom. The zero-order valence-corrected chi connectivity index (χ0v) is 15.1. The monoisotopic (exact) mass is 397 g/mol. The maximum absolute atomic E-state index is 12.6. The molecule has 0 unspecified atom stereocenters. The Balaban J connectivity index is 1.83. The van der Waals surface area contributed by atoms with E-state index in [1.807, 2.05) is 61.5 Å². The first-order valence-corrected chi connectivity index (χ1v) is 8.95. The van der Waals surface area contributed by atoms with Crippen molar-refractivity contribution in [3.05, 3.63) is 79.0 Å². The van der Waals surface area contributed by atoms with Gasteiger partial charge >= 0.3 is 0 Å². The Bertz CT molecular complexity index is 1160. The van der Waals surface area contributed by atoms with Crippen molar-refractivity contribution in [2.75, 3.05) is 0 Å². The lowest BCUT2D eigenvalue weighted by Gasteiger charge is -1.95. The van der Waals surface area contributed by atoms with Crippen molar-refractivity contribution >= 4 is 38.3 Å². The minimum Gasteiger partial charge on any atom is -0.266 e. The fourth-order valence-corrected chi connectivity index (χ4v) is 3.81. The molecule has 118 valence electrons. The Morgan fingerprint density at radius 2 is 2.00 bits per heavy atom. The predicted molar refractivity (Wildman–Crippen MR) is 100 cm³/mol. The summed E-state index contributed by atoms with van der Waals surface area (Å²) in [5.74, 6) is 0.580. The molecule has 0 radical (unpaired) electrons. The molecule has 0 fully saturated rings. The van der Waals surface area contributed by atoms with Crippen LogP contribution in [0.2, 0.25) is 0 Å². The number of aromatic nitrogens is 3. The third-order valence-corrected chi connectivity index (χ3v) is 5.06. The maximum Gasteiger partial charge on any atom is 0.291 e. The van der Waals surface area contributed by atoms with E-state index in [0.717, 1.165) is 21.2 Å². The smallest absolute Gasteiger partial charge is 0.266 e. The van der Waals surface area contributed by atoms with Gasteiger partial charge < -0.3 is 0 Å². The fourth-order valence-electron chi connectivity index (χ4n) is 2.49. The second-order valence-corrected chi connectivity index (χ2v) is 7.39. The molecule has 4 aromatic rings. The molecule has 0 spiro atoms. The van der Waals surface area contributed by atoms with E-state index in [0.29, 0.717) is 15.3 Å². The van der Waals surface area contributed by atoms with Gasteiger partial charge in [-0.2, -0.15) is 9.50 Å². The number of nitrogens with zero attached hydrogens (tertiary/aromatic N) is 3. The molecule has 0 N–H and O–H groups in total. The van der Waals surface area contributed by atoms with Gasteiger partial charge in [0.25, 0.3) is 5.56 Å². The molecule has 0 atom stereocenters. The summed E-state index contributed by atoms with van der Waals surface area (Å²) in [6.07, 6.45) is 1.86. The molecule has 4 nitrogen and oxygen atoms in total. The van der Waals surface area contributed by atoms with Crippen molar-refractivity contribution in [2.45, 2.75) is 6.92 Å². The number of hydrogen-bond acceptors (Lipinski definition) is 4. The highest BCUT2D eigenvalue weighted by atomic mass is 79.9. The van der Waals surface area contributed by atoms with Gasteiger partial charge in [-0.1, -0.05) is 63.2 Å². The van der Waals surface area contributed by atoms with E-state index in [4.69, 9.17) is 0 Å². The van der Waals surface area contributed by atoms with Gasteiger partial charge in [-0.25, -0.2) is 0 Å². The van der Waals surface area contributed by atoms with E-state index in [1.54, 1.807) is 0 Å². The molecular formula is C18H12BrN3OS. The zero-order chi connectivity index (χ0) is 16.7. The summed E-state index contributed by atoms with van der Waals surface area (Å²) < 4.78 is 2.98. The number of fused-ring (bicyclic) bond motifs is 1. The molecule has 0 saturated heterocycles. The third-order valence-electron chi connectivity index (χ3n) is 3.60. The van der Waals surface area contributed by atoms with Gasteiger partial charge in [0.1, 0.15) is 0 Å². The lowest BCUT2D eigenvalue weighted by atomic mass is 10.1. The van der Waals surface area contributed by atoms with Crippen LogP contribution in [-0.4, -0.2) is 14.6 Å². The summed E-state index contributed by atoms with van der Waals surface area (Å²) in [6, 6.07) is 15.8. The lowest BCUT2D eigenvalue weighted by molar-refractivity contribution is 0.936. The second kappa shape index (κ2) is 5.96. The molecule has 4 rings (SSSR count). The van der Waals surface area contributed by atoms with Crippen molar-refractivity contribution in [1.29, 1.82) is 0 Å². The fraction of sp³-hybridized carbons (Fsp3) is 0.0556. The summed E-state index contributed by atoms with van der Waals surface area (Å²) in [6.45, 7) is 2.02. The van der Waals surface area contributed by atoms with Crippen LogP contribution in [0.1, 0.15) is 11.1 Å². The predicted octanol–water partition coefficient (Wildman–Crippen LogP) is 3.44. The summed E-state index contributed by atoms with van der Waals surface area (Å²) >= 11 is 4.79. The van der Waals surface area contributed by atoms with E-state index in [9.17, 15) is 4.79 Å². The first-order chi connectivity index (χ1) is 11.6. The topological polar surface area (TPSA) is 47.3 Å². The molecule has 0 bridgehead atoms. The normalized spacial score (nSPS) is 12.2. The van der Waals surface area contributed by atoms with Gasteiger partial charge in [0, 0.05) is 10.0 Å². The summed E-state index contributed by atoms with van der Waals surface area (Å²) in [4.78, 5) is 17.7. The van der Waals surface area contributed by atoms with E-state index in [2.05, 4.69) is 26.0 Å². The van der Waals surface area contributed by atoms with Crippen LogP contribution in [0.5, 0.6) is 0 Å². The Hall–Kier alpha value is -2.31. The molecule has 0 aliphatic rings. The van der Waals surface area contributed by atoms with Crippen molar-refractivity contribution < 1.29 is 0 Å². The standard InChI is InChI=1S/C18H12BrN3OS/c1-11-4-2-6-13(8-11)16-20-18-22(21-16)17(23)15(24-18)10-12-5-3-7-14(19)9-12/h2-10H,1H3/b15-10+. The molecule has 0 saturated carbocycles. The van der Waals surface area contributed by atoms with Crippen molar-refractivity contribution in [3.63, 3.8) is 0 Å². The number of thiazole rings is 1. The minimum atomic E-state index is -0.138. The first kappa shape index (κ1) is 15.2. The van der Waals surface area contributed by atoms with Gasteiger partial charge in [0.05, 0.1) is 4.53 Å². The third kappa shape index (κ3) is 2.79. The number of benzene rings is 2. The van der Waals surface area contributed by atoms with E-state index in [1.165, 1.54) is 15.9 Å². The Labute approximate surface area is 150 Å². The average molecular weight is 398 g/mol. The molecule has 2 aromatic heterocycles. The number of hydrogen-bond donors (Lipinski definition) is 0. The highest BCUT2D eigenvalue weighted by molar-refractivity contribution is 9.10. The second-order valence-electron chi connectivity index (χ2n) is 5.47. The van der Waals surface area contributed by atoms with E-state index < -0.39 is 0 Å². The van der Waals surface area contributed by atoms with Crippen LogP contribution in [0.15, 0.2) is 57.8 Å². The van der Waals surface area contributed by atoms with Crippen LogP contribution in [0, 0.1) is 6.92 Å². The minimum absolute atomic E-state index is 0.138. The summed E-state index contributed by atoms with van der Waals surface area (Å²) in [5, 5.41) is 4.38. The molecule has 0 aliphatic heterocycles. The SMILES string of the molecule is Cc1cccc(-c2nc3s/c(=C/c4cccc(Br)c4)c(=O)n3n2)c1. The highest BCUT2D eigenvalue weighted by Gasteiger charge is 2.11. The molecule has 2 heterocycles. The highest BCUT2D eigenvalue weighted by Crippen LogP contribution is 2.18. The van der Waals surface area contributed by atoms with E-state index >= 15 is 0 Å². The molecule has 2 aromatic carbocycles. The average Bonchev–Trinajstić information content (AvgIpc) is 3.08. The lowest BCUT2D eigenvalue weighted by Crippen LogP contribution is -2.23. The van der Waals surface area contributed by atoms with Gasteiger partial charge in [0.15, 0.2) is 5.82 Å². The quantitative estimate of drug-likeness (QED) is 0.520. The molecule has 24 heavy (non-hydrogen) atoms. The van der Waals surface area contributed by atoms with Gasteiger partial charge in [-0.15, -0.1) is 5.10 Å². The van der Waals surface area contributed by atoms with Crippen molar-refractivity contribution in [2.24, 2.45) is 0 Å². The van der Waals surface area contributed by atoms with Crippen LogP contribution in [-0.2, 0) is 0 Å². The number of rotatable bonds is 2. The largest absolute Gasteiger partial charge is 0.291 e. The summed E-state index contributed by atoms with van der Waals surface area (Å²) in [7, 11) is 0. The van der Waals surface area contributed by atoms with Crippen LogP contribution >= 0.6 is 27.3 Å². The van der Waals surface area contributed by atoms with Crippen molar-refractivity contribution in [1.82, 2.24) is 14.6 Å². The van der Waals surface area contributed by atoms with Gasteiger partial charge in [-0.05, 0) is 36.8 Å². The molecule has 0 aliphatic carbocycles. The van der Waals surface area contributed by atoms with Crippen LogP contribution in [0.4, 0.5) is 0 Å². The molecule has 0 amide bonds.